The molecule has 0 bridgehead atoms. The molecular weight excluding hydrogens is 403 g/mol. The molecule has 0 spiro atoms. The monoisotopic (exact) mass is 424 g/mol. The Kier molecular flexibility index (Phi) is 4.78. The highest BCUT2D eigenvalue weighted by molar-refractivity contribution is 5.83. The van der Waals surface area contributed by atoms with E-state index in [-0.39, 0.29) is 11.6 Å². The maximum Gasteiger partial charge on any atom is 0.321 e. The Hall–Kier alpha value is -2.64. The summed E-state index contributed by atoms with van der Waals surface area (Å²) in [6.45, 7) is 2.39. The third-order valence-corrected chi connectivity index (χ3v) is 6.45. The number of anilines is 1. The van der Waals surface area contributed by atoms with Crippen molar-refractivity contribution < 1.29 is 26.7 Å². The van der Waals surface area contributed by atoms with Crippen LogP contribution in [-0.4, -0.2) is 17.9 Å². The molecule has 1 amide bonds. The van der Waals surface area contributed by atoms with E-state index in [9.17, 15) is 26.7 Å². The van der Waals surface area contributed by atoms with E-state index in [4.69, 9.17) is 0 Å². The molecule has 4 rings (SSSR count). The van der Waals surface area contributed by atoms with E-state index in [1.807, 2.05) is 6.92 Å². The largest absolute Gasteiger partial charge is 0.375 e. The Bertz CT molecular complexity index is 982. The molecule has 1 fully saturated rings. The lowest BCUT2D eigenvalue weighted by atomic mass is 9.58. The Morgan fingerprint density at radius 1 is 1.10 bits per heavy atom. The highest BCUT2D eigenvalue weighted by Gasteiger charge is 2.54. The van der Waals surface area contributed by atoms with Crippen molar-refractivity contribution in [1.82, 2.24) is 5.32 Å². The molecule has 3 nitrogen and oxygen atoms in total. The number of carbonyl (C=O) groups is 1. The molecule has 0 radical (unpaired) electrons. The van der Waals surface area contributed by atoms with Crippen LogP contribution in [0.4, 0.5) is 27.6 Å². The van der Waals surface area contributed by atoms with Crippen molar-refractivity contribution in [2.75, 3.05) is 5.32 Å². The van der Waals surface area contributed by atoms with Crippen molar-refractivity contribution in [2.45, 2.75) is 50.1 Å². The Labute approximate surface area is 170 Å². The third-order valence-electron chi connectivity index (χ3n) is 6.45. The van der Waals surface area contributed by atoms with Crippen molar-refractivity contribution in [3.63, 3.8) is 0 Å². The van der Waals surface area contributed by atoms with Crippen molar-refractivity contribution >= 4 is 11.6 Å². The normalized spacial score (nSPS) is 27.8. The van der Waals surface area contributed by atoms with Gasteiger partial charge in [0.15, 0.2) is 0 Å². The molecule has 160 valence electrons. The van der Waals surface area contributed by atoms with Crippen LogP contribution in [0.2, 0.25) is 0 Å². The zero-order valence-corrected chi connectivity index (χ0v) is 16.4. The Morgan fingerprint density at radius 3 is 2.33 bits per heavy atom. The van der Waals surface area contributed by atoms with Crippen molar-refractivity contribution in [3.05, 3.63) is 65.0 Å². The second kappa shape index (κ2) is 6.96. The second-order valence-electron chi connectivity index (χ2n) is 8.45. The number of carbonyl (C=O) groups excluding carboxylic acids is 1. The minimum atomic E-state index is -3.47. The summed E-state index contributed by atoms with van der Waals surface area (Å²) >= 11 is 0. The number of alkyl halides is 2. The summed E-state index contributed by atoms with van der Waals surface area (Å²) in [6.07, 6.45) is 0.768. The standard InChI is InChI=1S/C22H21F5N2O/c1-21(12-7-15(8-12)28-20(30)22(2,26)27)16-9-14(24)10-17(25)18(16)29-19(21)11-3-5-13(23)6-4-11/h3-6,9-10,12,15,19,29H,7-8H2,1-2H3,(H,28,30). The number of rotatable bonds is 4. The van der Waals surface area contributed by atoms with E-state index in [0.29, 0.717) is 30.9 Å². The van der Waals surface area contributed by atoms with E-state index < -0.39 is 46.8 Å². The SMILES string of the molecule is CC(F)(F)C(=O)NC1CC(C2(C)c3cc(F)cc(F)c3NC2c2ccc(F)cc2)C1. The molecule has 30 heavy (non-hydrogen) atoms. The molecule has 2 aromatic rings. The second-order valence-corrected chi connectivity index (χ2v) is 8.45. The van der Waals surface area contributed by atoms with Gasteiger partial charge in [0.2, 0.25) is 0 Å². The molecule has 2 unspecified atom stereocenters. The molecule has 0 saturated heterocycles. The number of amides is 1. The minimum absolute atomic E-state index is 0.140. The van der Waals surface area contributed by atoms with Crippen LogP contribution >= 0.6 is 0 Å². The summed E-state index contributed by atoms with van der Waals surface area (Å²) in [5.41, 5.74) is 0.541. The van der Waals surface area contributed by atoms with Gasteiger partial charge in [-0.25, -0.2) is 13.2 Å². The molecule has 2 atom stereocenters. The first-order chi connectivity index (χ1) is 14.0. The van der Waals surface area contributed by atoms with Gasteiger partial charge in [0.05, 0.1) is 11.7 Å². The average Bonchev–Trinajstić information content (AvgIpc) is 2.91. The van der Waals surface area contributed by atoms with Crippen LogP contribution in [-0.2, 0) is 10.2 Å². The van der Waals surface area contributed by atoms with E-state index in [2.05, 4.69) is 10.6 Å². The number of fused-ring (bicyclic) bond motifs is 1. The molecule has 1 saturated carbocycles. The van der Waals surface area contributed by atoms with Crippen LogP contribution < -0.4 is 10.6 Å². The summed E-state index contributed by atoms with van der Waals surface area (Å²) in [5, 5.41) is 5.44. The average molecular weight is 424 g/mol. The quantitative estimate of drug-likeness (QED) is 0.673. The van der Waals surface area contributed by atoms with Gasteiger partial charge in [-0.3, -0.25) is 4.79 Å². The van der Waals surface area contributed by atoms with Crippen LogP contribution in [0.1, 0.15) is 43.9 Å². The van der Waals surface area contributed by atoms with Crippen LogP contribution in [0.5, 0.6) is 0 Å². The van der Waals surface area contributed by atoms with Gasteiger partial charge in [-0.05, 0) is 48.1 Å². The van der Waals surface area contributed by atoms with Crippen LogP contribution in [0.3, 0.4) is 0 Å². The molecule has 2 aromatic carbocycles. The number of halogens is 5. The van der Waals surface area contributed by atoms with E-state index in [1.54, 1.807) is 12.1 Å². The summed E-state index contributed by atoms with van der Waals surface area (Å²) in [6, 6.07) is 6.92. The minimum Gasteiger partial charge on any atom is -0.375 e. The van der Waals surface area contributed by atoms with E-state index in [1.165, 1.54) is 18.2 Å². The van der Waals surface area contributed by atoms with Gasteiger partial charge >= 0.3 is 5.92 Å². The number of nitrogens with one attached hydrogen (secondary N) is 2. The molecule has 1 aliphatic carbocycles. The predicted molar refractivity (Wildman–Crippen MR) is 102 cm³/mol. The lowest BCUT2D eigenvalue weighted by molar-refractivity contribution is -0.145. The highest BCUT2D eigenvalue weighted by Crippen LogP contribution is 2.58. The summed E-state index contributed by atoms with van der Waals surface area (Å²) in [7, 11) is 0. The van der Waals surface area contributed by atoms with Gasteiger partial charge in [-0.15, -0.1) is 0 Å². The van der Waals surface area contributed by atoms with Crippen LogP contribution in [0, 0.1) is 23.4 Å². The molecule has 0 aromatic heterocycles. The van der Waals surface area contributed by atoms with Gasteiger partial charge in [-0.2, -0.15) is 8.78 Å². The Morgan fingerprint density at radius 2 is 1.73 bits per heavy atom. The van der Waals surface area contributed by atoms with Crippen LogP contribution in [0.15, 0.2) is 36.4 Å². The summed E-state index contributed by atoms with van der Waals surface area (Å²) in [4.78, 5) is 11.6. The van der Waals surface area contributed by atoms with Gasteiger partial charge in [0.25, 0.3) is 5.91 Å². The summed E-state index contributed by atoms with van der Waals surface area (Å²) < 4.78 is 68.3. The molecule has 1 aliphatic heterocycles. The van der Waals surface area contributed by atoms with Crippen molar-refractivity contribution in [3.8, 4) is 0 Å². The van der Waals surface area contributed by atoms with Crippen molar-refractivity contribution in [2.24, 2.45) is 5.92 Å². The molecule has 2 aliphatic rings. The highest BCUT2D eigenvalue weighted by atomic mass is 19.3. The maximum atomic E-state index is 14.5. The smallest absolute Gasteiger partial charge is 0.321 e. The zero-order chi connectivity index (χ0) is 21.8. The molecular formula is C22H21F5N2O. The first kappa shape index (κ1) is 20.6. The van der Waals surface area contributed by atoms with Crippen molar-refractivity contribution in [1.29, 1.82) is 0 Å². The first-order valence-electron chi connectivity index (χ1n) is 9.70. The summed E-state index contributed by atoms with van der Waals surface area (Å²) in [5.74, 6) is -6.81. The topological polar surface area (TPSA) is 41.1 Å². The lowest BCUT2D eigenvalue weighted by Gasteiger charge is -2.48. The van der Waals surface area contributed by atoms with Gasteiger partial charge < -0.3 is 10.6 Å². The number of hydrogen-bond donors (Lipinski definition) is 2. The Balaban J connectivity index is 1.66. The third kappa shape index (κ3) is 3.32. The van der Waals surface area contributed by atoms with Crippen LogP contribution in [0.25, 0.3) is 0 Å². The van der Waals surface area contributed by atoms with E-state index >= 15 is 0 Å². The molecule has 2 N–H and O–H groups in total. The van der Waals surface area contributed by atoms with Gasteiger partial charge in [0, 0.05) is 24.4 Å². The fourth-order valence-electron chi connectivity index (χ4n) is 4.67. The fraction of sp³-hybridized carbons (Fsp3) is 0.409. The van der Waals surface area contributed by atoms with Gasteiger partial charge in [-0.1, -0.05) is 19.1 Å². The molecule has 8 heteroatoms. The predicted octanol–water partition coefficient (Wildman–Crippen LogP) is 5.08. The van der Waals surface area contributed by atoms with Gasteiger partial charge in [0.1, 0.15) is 17.5 Å². The first-order valence-corrected chi connectivity index (χ1v) is 9.70. The lowest BCUT2D eigenvalue weighted by Crippen LogP contribution is -2.54. The molecule has 1 heterocycles. The maximum absolute atomic E-state index is 14.5. The number of benzene rings is 2. The van der Waals surface area contributed by atoms with E-state index in [0.717, 1.165) is 6.07 Å². The number of hydrogen-bond acceptors (Lipinski definition) is 2. The zero-order valence-electron chi connectivity index (χ0n) is 16.4. The fourth-order valence-corrected chi connectivity index (χ4v) is 4.67.